The number of hydrogen-bond acceptors (Lipinski definition) is 10. The van der Waals surface area contributed by atoms with E-state index in [9.17, 15) is 24.0 Å². The number of aldehydes is 1. The maximum absolute atomic E-state index is 11.5. The zero-order valence-electron chi connectivity index (χ0n) is 15.0. The Morgan fingerprint density at radius 2 is 1.23 bits per heavy atom. The summed E-state index contributed by atoms with van der Waals surface area (Å²) in [6.07, 6.45) is -5.26. The minimum atomic E-state index is -1.24. The van der Waals surface area contributed by atoms with Gasteiger partial charge in [0.2, 0.25) is 0 Å². The van der Waals surface area contributed by atoms with Gasteiger partial charge in [-0.1, -0.05) is 0 Å². The predicted octanol–water partition coefficient (Wildman–Crippen LogP) is -0.299. The van der Waals surface area contributed by atoms with E-state index in [0.717, 1.165) is 20.8 Å². The van der Waals surface area contributed by atoms with Gasteiger partial charge < -0.3 is 28.5 Å². The van der Waals surface area contributed by atoms with Crippen molar-refractivity contribution in [3.63, 3.8) is 0 Å². The molecule has 1 aliphatic rings. The Labute approximate surface area is 150 Å². The molecule has 1 heterocycles. The highest BCUT2D eigenvalue weighted by Crippen LogP contribution is 2.30. The van der Waals surface area contributed by atoms with Gasteiger partial charge in [-0.05, 0) is 0 Å². The van der Waals surface area contributed by atoms with Crippen molar-refractivity contribution in [1.29, 1.82) is 0 Å². The van der Waals surface area contributed by atoms with Crippen molar-refractivity contribution in [3.05, 3.63) is 0 Å². The molecule has 1 rings (SSSR count). The number of esters is 4. The van der Waals surface area contributed by atoms with E-state index in [1.807, 2.05) is 0 Å². The minimum absolute atomic E-state index is 0.181. The van der Waals surface area contributed by atoms with Gasteiger partial charge in [0.25, 0.3) is 0 Å². The molecule has 1 aliphatic heterocycles. The first-order valence-electron chi connectivity index (χ1n) is 7.89. The molecule has 5 atom stereocenters. The number of ether oxygens (including phenoxy) is 5. The highest BCUT2D eigenvalue weighted by atomic mass is 16.7. The van der Waals surface area contributed by atoms with E-state index >= 15 is 0 Å². The van der Waals surface area contributed by atoms with Crippen molar-refractivity contribution in [1.82, 2.24) is 0 Å². The summed E-state index contributed by atoms with van der Waals surface area (Å²) in [6, 6.07) is 0. The van der Waals surface area contributed by atoms with Crippen molar-refractivity contribution in [2.75, 3.05) is 6.61 Å². The molecule has 0 bridgehead atoms. The van der Waals surface area contributed by atoms with Crippen LogP contribution in [0.1, 0.15) is 34.1 Å². The smallest absolute Gasteiger partial charge is 0.303 e. The van der Waals surface area contributed by atoms with Crippen LogP contribution in [-0.2, 0) is 47.7 Å². The van der Waals surface area contributed by atoms with Gasteiger partial charge >= 0.3 is 23.9 Å². The third-order valence-corrected chi connectivity index (χ3v) is 3.42. The molecule has 26 heavy (non-hydrogen) atoms. The van der Waals surface area contributed by atoms with Crippen LogP contribution in [-0.4, -0.2) is 67.3 Å². The summed E-state index contributed by atoms with van der Waals surface area (Å²) in [5, 5.41) is 0. The summed E-state index contributed by atoms with van der Waals surface area (Å²) in [5.41, 5.74) is 0. The molecule has 1 saturated heterocycles. The molecule has 10 heteroatoms. The number of hydrogen-bond donors (Lipinski definition) is 0. The third-order valence-electron chi connectivity index (χ3n) is 3.42. The van der Waals surface area contributed by atoms with Crippen LogP contribution in [0.5, 0.6) is 0 Å². The molecule has 146 valence electrons. The number of carbonyl (C=O) groups is 5. The second-order valence-electron chi connectivity index (χ2n) is 5.64. The van der Waals surface area contributed by atoms with Crippen LogP contribution in [0.15, 0.2) is 0 Å². The lowest BCUT2D eigenvalue weighted by molar-refractivity contribution is -0.252. The normalized spacial score (nSPS) is 27.8. The van der Waals surface area contributed by atoms with Crippen molar-refractivity contribution >= 4 is 30.2 Å². The van der Waals surface area contributed by atoms with Crippen molar-refractivity contribution < 1.29 is 47.7 Å². The first kappa shape index (κ1) is 21.6. The van der Waals surface area contributed by atoms with Crippen LogP contribution >= 0.6 is 0 Å². The predicted molar refractivity (Wildman–Crippen MR) is 82.6 cm³/mol. The van der Waals surface area contributed by atoms with Crippen molar-refractivity contribution in [2.24, 2.45) is 0 Å². The average molecular weight is 374 g/mol. The van der Waals surface area contributed by atoms with E-state index in [1.165, 1.54) is 6.92 Å². The molecule has 0 aliphatic carbocycles. The topological polar surface area (TPSA) is 132 Å². The molecule has 0 radical (unpaired) electrons. The van der Waals surface area contributed by atoms with Crippen LogP contribution in [0, 0.1) is 0 Å². The van der Waals surface area contributed by atoms with Crippen LogP contribution in [0.2, 0.25) is 0 Å². The van der Waals surface area contributed by atoms with Crippen LogP contribution < -0.4 is 0 Å². The second kappa shape index (κ2) is 9.85. The fourth-order valence-corrected chi connectivity index (χ4v) is 2.60. The maximum Gasteiger partial charge on any atom is 0.303 e. The zero-order chi connectivity index (χ0) is 19.9. The molecule has 0 spiro atoms. The van der Waals surface area contributed by atoms with Gasteiger partial charge in [0.1, 0.15) is 25.1 Å². The summed E-state index contributed by atoms with van der Waals surface area (Å²) in [6.45, 7) is 4.26. The summed E-state index contributed by atoms with van der Waals surface area (Å²) in [4.78, 5) is 56.5. The van der Waals surface area contributed by atoms with Crippen molar-refractivity contribution in [2.45, 2.75) is 64.6 Å². The molecular formula is C16H22O10. The molecule has 0 N–H and O–H groups in total. The molecule has 0 aromatic rings. The molecule has 0 amide bonds. The minimum Gasteiger partial charge on any atom is -0.463 e. The Balaban J connectivity index is 3.24. The Hall–Kier alpha value is -2.49. The highest BCUT2D eigenvalue weighted by molar-refractivity contribution is 5.69. The lowest BCUT2D eigenvalue weighted by atomic mass is 9.93. The molecule has 2 unspecified atom stereocenters. The quantitative estimate of drug-likeness (QED) is 0.332. The van der Waals surface area contributed by atoms with E-state index < -0.39 is 54.4 Å². The van der Waals surface area contributed by atoms with Gasteiger partial charge in [0, 0.05) is 34.1 Å². The average Bonchev–Trinajstić information content (AvgIpc) is 2.50. The largest absolute Gasteiger partial charge is 0.463 e. The lowest BCUT2D eigenvalue weighted by Crippen LogP contribution is -2.62. The van der Waals surface area contributed by atoms with Gasteiger partial charge in [0.05, 0.1) is 0 Å². The van der Waals surface area contributed by atoms with Gasteiger partial charge in [-0.25, -0.2) is 0 Å². The van der Waals surface area contributed by atoms with Crippen molar-refractivity contribution in [3.8, 4) is 0 Å². The fourth-order valence-electron chi connectivity index (χ4n) is 2.60. The first-order valence-corrected chi connectivity index (χ1v) is 7.89. The van der Waals surface area contributed by atoms with Gasteiger partial charge in [-0.2, -0.15) is 0 Å². The molecule has 0 aromatic heterocycles. The Morgan fingerprint density at radius 1 is 0.769 bits per heavy atom. The molecule has 1 fully saturated rings. The van der Waals surface area contributed by atoms with E-state index in [0.29, 0.717) is 6.29 Å². The van der Waals surface area contributed by atoms with Gasteiger partial charge in [-0.15, -0.1) is 0 Å². The first-order chi connectivity index (χ1) is 12.1. The highest BCUT2D eigenvalue weighted by Gasteiger charge is 2.51. The van der Waals surface area contributed by atoms with E-state index in [2.05, 4.69) is 0 Å². The Kier molecular flexibility index (Phi) is 8.17. The SMILES string of the molecule is CC(=O)OCC1O[C@H](CC=O)C(OC(C)=O)[C@@H](OC(C)=O)[C@H]1OC(C)=O. The summed E-state index contributed by atoms with van der Waals surface area (Å²) < 4.78 is 26.1. The van der Waals surface area contributed by atoms with Crippen LogP contribution in [0.25, 0.3) is 0 Å². The van der Waals surface area contributed by atoms with E-state index in [1.54, 1.807) is 0 Å². The lowest BCUT2D eigenvalue weighted by Gasteiger charge is -2.44. The zero-order valence-corrected chi connectivity index (χ0v) is 15.0. The van der Waals surface area contributed by atoms with E-state index in [-0.39, 0.29) is 13.0 Å². The van der Waals surface area contributed by atoms with Crippen LogP contribution in [0.3, 0.4) is 0 Å². The fraction of sp³-hybridized carbons (Fsp3) is 0.688. The second-order valence-corrected chi connectivity index (χ2v) is 5.64. The van der Waals surface area contributed by atoms with Gasteiger partial charge in [0.15, 0.2) is 18.3 Å². The summed E-state index contributed by atoms with van der Waals surface area (Å²) in [5.74, 6) is -2.73. The molecule has 10 nitrogen and oxygen atoms in total. The summed E-state index contributed by atoms with van der Waals surface area (Å²) >= 11 is 0. The monoisotopic (exact) mass is 374 g/mol. The number of carbonyl (C=O) groups excluding carboxylic acids is 5. The maximum atomic E-state index is 11.5. The standard InChI is InChI=1S/C16H22O10/c1-8(18)22-7-13-15(24-10(3)20)16(25-11(4)21)14(23-9(2)19)12(26-13)5-6-17/h6,12-16H,5,7H2,1-4H3/t12-,13?,14?,15+,16-/m1/s1. The van der Waals surface area contributed by atoms with Crippen LogP contribution in [0.4, 0.5) is 0 Å². The third kappa shape index (κ3) is 6.43. The van der Waals surface area contributed by atoms with E-state index in [4.69, 9.17) is 23.7 Å². The Morgan fingerprint density at radius 3 is 1.65 bits per heavy atom. The Bertz CT molecular complexity index is 557. The molecular weight excluding hydrogens is 352 g/mol. The number of rotatable bonds is 7. The summed E-state index contributed by atoms with van der Waals surface area (Å²) in [7, 11) is 0. The van der Waals surface area contributed by atoms with Gasteiger partial charge in [-0.3, -0.25) is 19.2 Å². The molecule has 0 aromatic carbocycles. The molecule has 0 saturated carbocycles.